The summed E-state index contributed by atoms with van der Waals surface area (Å²) in [6, 6.07) is 0. The Balaban J connectivity index is 0.000000653. The van der Waals surface area contributed by atoms with E-state index < -0.39 is 0 Å². The zero-order valence-electron chi connectivity index (χ0n) is 7.14. The van der Waals surface area contributed by atoms with Crippen LogP contribution in [0.2, 0.25) is 0 Å². The summed E-state index contributed by atoms with van der Waals surface area (Å²) in [4.78, 5) is 22.3. The van der Waals surface area contributed by atoms with Crippen LogP contribution >= 0.6 is 0 Å². The molecular weight excluding hydrogens is 197 g/mol. The number of amides is 2. The van der Waals surface area contributed by atoms with Gasteiger partial charge in [0.1, 0.15) is 0 Å². The summed E-state index contributed by atoms with van der Waals surface area (Å²) in [5.74, 6) is -1.23. The van der Waals surface area contributed by atoms with Gasteiger partial charge in [-0.05, 0) is 0 Å². The van der Waals surface area contributed by atoms with E-state index in [1.165, 1.54) is 0 Å². The van der Waals surface area contributed by atoms with Gasteiger partial charge in [0.2, 0.25) is 0 Å². The van der Waals surface area contributed by atoms with Gasteiger partial charge < -0.3 is 19.6 Å². The molecule has 0 N–H and O–H groups in total. The van der Waals surface area contributed by atoms with E-state index in [2.05, 4.69) is 5.32 Å². The molecule has 3 heterocycles. The summed E-state index contributed by atoms with van der Waals surface area (Å²) in [6.07, 6.45) is 3.31. The maximum atomic E-state index is 11.2. The number of imide groups is 1. The third kappa shape index (κ3) is 1.22. The number of hydrogen-bond acceptors (Lipinski definition) is 3. The molecule has 2 bridgehead atoms. The second kappa shape index (κ2) is 3.25. The van der Waals surface area contributed by atoms with Gasteiger partial charge >= 0.3 is 51.4 Å². The van der Waals surface area contributed by atoms with Crippen molar-refractivity contribution in [1.29, 1.82) is 0 Å². The molecule has 2 fully saturated rings. The smallest absolute Gasteiger partial charge is 0.595 e. The average Bonchev–Trinajstić information content (AvgIpc) is 2.64. The normalized spacial score (nSPS) is 44.6. The van der Waals surface area contributed by atoms with E-state index in [-0.39, 0.29) is 87.2 Å². The monoisotopic (exact) mass is 203 g/mol. The molecule has 0 aliphatic carbocycles. The van der Waals surface area contributed by atoms with E-state index in [1.807, 2.05) is 12.2 Å². The van der Waals surface area contributed by atoms with Crippen molar-refractivity contribution in [3.8, 4) is 0 Å². The SMILES string of the molecule is O=C1[N-]C(=O)C2C3C=CC(O3)C12.[K+]. The maximum Gasteiger partial charge on any atom is 1.00 e. The van der Waals surface area contributed by atoms with Gasteiger partial charge in [-0.15, -0.1) is 0 Å². The van der Waals surface area contributed by atoms with Crippen LogP contribution in [0.25, 0.3) is 5.32 Å². The molecule has 0 aromatic rings. The van der Waals surface area contributed by atoms with Gasteiger partial charge in [0.25, 0.3) is 0 Å². The van der Waals surface area contributed by atoms with E-state index in [9.17, 15) is 9.59 Å². The Hall–Kier alpha value is 0.476. The molecule has 0 spiro atoms. The first-order chi connectivity index (χ1) is 5.77. The average molecular weight is 203 g/mol. The molecule has 5 heteroatoms. The summed E-state index contributed by atoms with van der Waals surface area (Å²) < 4.78 is 5.37. The van der Waals surface area contributed by atoms with Gasteiger partial charge in [0, 0.05) is 11.8 Å². The Morgan fingerprint density at radius 1 is 1.08 bits per heavy atom. The number of fused-ring (bicyclic) bond motifs is 5. The van der Waals surface area contributed by atoms with E-state index in [0.29, 0.717) is 0 Å². The number of carbonyl (C=O) groups is 2. The second-order valence-corrected chi connectivity index (χ2v) is 3.29. The Kier molecular flexibility index (Phi) is 2.50. The Bertz CT molecular complexity index is 287. The van der Waals surface area contributed by atoms with Crippen molar-refractivity contribution in [1.82, 2.24) is 0 Å². The van der Waals surface area contributed by atoms with Crippen LogP contribution < -0.4 is 51.4 Å². The molecule has 2 saturated heterocycles. The fourth-order valence-electron chi connectivity index (χ4n) is 2.15. The van der Waals surface area contributed by atoms with Crippen molar-refractivity contribution in [2.75, 3.05) is 0 Å². The van der Waals surface area contributed by atoms with Gasteiger partial charge in [-0.1, -0.05) is 12.2 Å². The molecule has 13 heavy (non-hydrogen) atoms. The summed E-state index contributed by atoms with van der Waals surface area (Å²) in [6.45, 7) is 0. The van der Waals surface area contributed by atoms with E-state index in [1.54, 1.807) is 0 Å². The molecule has 3 aliphatic heterocycles. The molecule has 4 nitrogen and oxygen atoms in total. The molecule has 2 amide bonds. The number of nitrogens with zero attached hydrogens (tertiary/aromatic N) is 1. The van der Waals surface area contributed by atoms with Crippen molar-refractivity contribution in [2.45, 2.75) is 12.2 Å². The minimum Gasteiger partial charge on any atom is -0.595 e. The van der Waals surface area contributed by atoms with Crippen LogP contribution in [0.15, 0.2) is 12.2 Å². The Morgan fingerprint density at radius 2 is 1.54 bits per heavy atom. The zero-order chi connectivity index (χ0) is 8.29. The molecule has 0 saturated carbocycles. The van der Waals surface area contributed by atoms with Crippen LogP contribution in [0.5, 0.6) is 0 Å². The first-order valence-electron chi connectivity index (χ1n) is 3.90. The number of rotatable bonds is 0. The molecule has 3 rings (SSSR count). The second-order valence-electron chi connectivity index (χ2n) is 3.29. The predicted molar refractivity (Wildman–Crippen MR) is 38.2 cm³/mol. The molecule has 0 radical (unpaired) electrons. The van der Waals surface area contributed by atoms with Gasteiger partial charge in [-0.3, -0.25) is 0 Å². The number of ether oxygens (including phenoxy) is 1. The van der Waals surface area contributed by atoms with Gasteiger partial charge in [0.05, 0.1) is 24.0 Å². The van der Waals surface area contributed by atoms with Crippen molar-refractivity contribution in [3.05, 3.63) is 17.5 Å². The van der Waals surface area contributed by atoms with Crippen molar-refractivity contribution >= 4 is 11.8 Å². The first-order valence-corrected chi connectivity index (χ1v) is 3.90. The molecule has 62 valence electrons. The Labute approximate surface area is 117 Å². The van der Waals surface area contributed by atoms with Crippen LogP contribution in [0, 0.1) is 11.8 Å². The van der Waals surface area contributed by atoms with Gasteiger partial charge in [-0.2, -0.15) is 0 Å². The summed E-state index contributed by atoms with van der Waals surface area (Å²) >= 11 is 0. The van der Waals surface area contributed by atoms with Crippen molar-refractivity contribution in [3.63, 3.8) is 0 Å². The number of hydrogen-bond donors (Lipinski definition) is 0. The van der Waals surface area contributed by atoms with E-state index in [4.69, 9.17) is 4.74 Å². The molecule has 4 unspecified atom stereocenters. The quantitative estimate of drug-likeness (QED) is 0.239. The molecule has 4 atom stereocenters. The third-order valence-corrected chi connectivity index (χ3v) is 2.69. The van der Waals surface area contributed by atoms with Crippen LogP contribution in [0.3, 0.4) is 0 Å². The summed E-state index contributed by atoms with van der Waals surface area (Å²) in [5.41, 5.74) is 0. The molecule has 0 aromatic heterocycles. The topological polar surface area (TPSA) is 57.5 Å². The summed E-state index contributed by atoms with van der Waals surface area (Å²) in [5, 5.41) is 3.42. The van der Waals surface area contributed by atoms with E-state index >= 15 is 0 Å². The maximum absolute atomic E-state index is 11.2. The fourth-order valence-corrected chi connectivity index (χ4v) is 2.15. The van der Waals surface area contributed by atoms with Crippen LogP contribution in [0.4, 0.5) is 0 Å². The van der Waals surface area contributed by atoms with Crippen LogP contribution in [-0.4, -0.2) is 24.0 Å². The molecule has 3 aliphatic rings. The van der Waals surface area contributed by atoms with E-state index in [0.717, 1.165) is 0 Å². The van der Waals surface area contributed by atoms with Crippen molar-refractivity contribution < 1.29 is 65.7 Å². The van der Waals surface area contributed by atoms with Crippen molar-refractivity contribution in [2.24, 2.45) is 11.8 Å². The molecule has 0 aromatic carbocycles. The predicted octanol–water partition coefficient (Wildman–Crippen LogP) is -3.00. The third-order valence-electron chi connectivity index (χ3n) is 2.69. The van der Waals surface area contributed by atoms with Gasteiger partial charge in [-0.25, -0.2) is 0 Å². The van der Waals surface area contributed by atoms with Crippen LogP contribution in [-0.2, 0) is 14.3 Å². The Morgan fingerprint density at radius 3 is 2.00 bits per heavy atom. The van der Waals surface area contributed by atoms with Crippen LogP contribution in [0.1, 0.15) is 0 Å². The molecular formula is C8H6KNO3. The largest absolute Gasteiger partial charge is 1.00 e. The minimum atomic E-state index is -0.313. The number of carbonyl (C=O) groups excluding carboxylic acids is 2. The van der Waals surface area contributed by atoms with Gasteiger partial charge in [0.15, 0.2) is 0 Å². The first kappa shape index (κ1) is 10.0. The fraction of sp³-hybridized carbons (Fsp3) is 0.500. The standard InChI is InChI=1S/C8H7NO3.K/c10-7-5-3-1-2-4(12-3)6(5)8(11)9-7;/h1-6H,(H,9,10,11);/q;+1/p-1. The summed E-state index contributed by atoms with van der Waals surface area (Å²) in [7, 11) is 0. The minimum absolute atomic E-state index is 0. The zero-order valence-corrected chi connectivity index (χ0v) is 10.3.